The van der Waals surface area contributed by atoms with Crippen molar-refractivity contribution in [1.29, 1.82) is 0 Å². The molecule has 3 aromatic rings. The van der Waals surface area contributed by atoms with E-state index >= 15 is 0 Å². The lowest BCUT2D eigenvalue weighted by Crippen LogP contribution is -2.36. The van der Waals surface area contributed by atoms with Gasteiger partial charge in [-0.05, 0) is 48.9 Å². The molecule has 0 spiro atoms. The third kappa shape index (κ3) is 4.73. The lowest BCUT2D eigenvalue weighted by atomic mass is 10.1. The molecular weight excluding hydrogens is 404 g/mol. The van der Waals surface area contributed by atoms with Gasteiger partial charge in [-0.15, -0.1) is 0 Å². The standard InChI is InChI=1S/C25H22N4O3/c1-17-8-7-9-18(16-17)26-24(31)20-12-5-6-13-21(20)27-25(32)22-14-15-23(30)29(28-22)19-10-3-2-4-11-19/h2-13,16H,14-15H2,1H3,(H,26,31)(H,27,32). The molecule has 0 saturated carbocycles. The molecule has 7 nitrogen and oxygen atoms in total. The van der Waals surface area contributed by atoms with Gasteiger partial charge in [0.15, 0.2) is 0 Å². The van der Waals surface area contributed by atoms with E-state index < -0.39 is 5.91 Å². The predicted molar refractivity (Wildman–Crippen MR) is 125 cm³/mol. The molecule has 1 aliphatic rings. The van der Waals surface area contributed by atoms with Crippen LogP contribution in [0.5, 0.6) is 0 Å². The lowest BCUT2D eigenvalue weighted by Gasteiger charge is -2.23. The molecule has 0 bridgehead atoms. The van der Waals surface area contributed by atoms with Gasteiger partial charge >= 0.3 is 0 Å². The van der Waals surface area contributed by atoms with Crippen LogP contribution in [0.1, 0.15) is 28.8 Å². The average molecular weight is 426 g/mol. The molecule has 0 fully saturated rings. The summed E-state index contributed by atoms with van der Waals surface area (Å²) in [6, 6.07) is 23.2. The molecule has 7 heteroatoms. The first-order chi connectivity index (χ1) is 15.5. The van der Waals surface area contributed by atoms with Crippen molar-refractivity contribution >= 4 is 40.5 Å². The van der Waals surface area contributed by atoms with E-state index in [0.717, 1.165) is 5.56 Å². The van der Waals surface area contributed by atoms with E-state index in [2.05, 4.69) is 15.7 Å². The van der Waals surface area contributed by atoms with Gasteiger partial charge in [-0.1, -0.05) is 42.5 Å². The number of anilines is 3. The number of nitrogens with one attached hydrogen (secondary N) is 2. The molecule has 4 rings (SSSR count). The molecule has 3 aromatic carbocycles. The highest BCUT2D eigenvalue weighted by atomic mass is 16.2. The molecule has 0 radical (unpaired) electrons. The Morgan fingerprint density at radius 1 is 0.844 bits per heavy atom. The van der Waals surface area contributed by atoms with Gasteiger partial charge in [-0.25, -0.2) is 5.01 Å². The second-order valence-electron chi connectivity index (χ2n) is 7.41. The number of carbonyl (C=O) groups excluding carboxylic acids is 3. The summed E-state index contributed by atoms with van der Waals surface area (Å²) in [6.07, 6.45) is 0.405. The van der Waals surface area contributed by atoms with E-state index in [9.17, 15) is 14.4 Å². The molecule has 0 saturated heterocycles. The smallest absolute Gasteiger partial charge is 0.271 e. The Morgan fingerprint density at radius 3 is 2.38 bits per heavy atom. The van der Waals surface area contributed by atoms with Gasteiger partial charge in [0.1, 0.15) is 5.71 Å². The Balaban J connectivity index is 1.54. The van der Waals surface area contributed by atoms with Crippen LogP contribution in [-0.2, 0) is 9.59 Å². The lowest BCUT2D eigenvalue weighted by molar-refractivity contribution is -0.118. The van der Waals surface area contributed by atoms with Crippen LogP contribution in [0.4, 0.5) is 17.1 Å². The van der Waals surface area contributed by atoms with E-state index in [0.29, 0.717) is 22.6 Å². The zero-order valence-electron chi connectivity index (χ0n) is 17.5. The number of benzene rings is 3. The third-order valence-corrected chi connectivity index (χ3v) is 4.99. The molecule has 3 amide bonds. The minimum absolute atomic E-state index is 0.175. The molecule has 0 atom stereocenters. The van der Waals surface area contributed by atoms with Crippen molar-refractivity contribution < 1.29 is 14.4 Å². The fourth-order valence-corrected chi connectivity index (χ4v) is 3.39. The van der Waals surface area contributed by atoms with Crippen molar-refractivity contribution in [2.45, 2.75) is 19.8 Å². The zero-order valence-corrected chi connectivity index (χ0v) is 17.5. The Hall–Kier alpha value is -4.26. The van der Waals surface area contributed by atoms with Gasteiger partial charge in [0.2, 0.25) is 5.91 Å². The number of amides is 3. The van der Waals surface area contributed by atoms with E-state index in [1.165, 1.54) is 5.01 Å². The SMILES string of the molecule is Cc1cccc(NC(=O)c2ccccc2NC(=O)C2=NN(c3ccccc3)C(=O)CC2)c1. The normalized spacial score (nSPS) is 13.3. The van der Waals surface area contributed by atoms with Crippen molar-refractivity contribution in [3.05, 3.63) is 90.0 Å². The summed E-state index contributed by atoms with van der Waals surface area (Å²) in [5.41, 5.74) is 3.22. The van der Waals surface area contributed by atoms with Crippen LogP contribution in [0, 0.1) is 6.92 Å². The summed E-state index contributed by atoms with van der Waals surface area (Å²) in [7, 11) is 0. The molecule has 160 valence electrons. The summed E-state index contributed by atoms with van der Waals surface area (Å²) in [6.45, 7) is 1.94. The van der Waals surface area contributed by atoms with Crippen LogP contribution in [0.2, 0.25) is 0 Å². The number of aryl methyl sites for hydroxylation is 1. The molecular formula is C25H22N4O3. The van der Waals surface area contributed by atoms with Gasteiger partial charge in [-0.2, -0.15) is 5.10 Å². The van der Waals surface area contributed by atoms with Crippen LogP contribution in [0.15, 0.2) is 84.0 Å². The van der Waals surface area contributed by atoms with Crippen LogP contribution >= 0.6 is 0 Å². The molecule has 1 aliphatic heterocycles. The molecule has 32 heavy (non-hydrogen) atoms. The van der Waals surface area contributed by atoms with Gasteiger partial charge in [0.05, 0.1) is 16.9 Å². The quantitative estimate of drug-likeness (QED) is 0.635. The summed E-state index contributed by atoms with van der Waals surface area (Å²) in [5.74, 6) is -0.960. The first-order valence-electron chi connectivity index (χ1n) is 10.2. The Morgan fingerprint density at radius 2 is 1.59 bits per heavy atom. The van der Waals surface area contributed by atoms with E-state index in [1.54, 1.807) is 54.6 Å². The first-order valence-corrected chi connectivity index (χ1v) is 10.2. The third-order valence-electron chi connectivity index (χ3n) is 4.99. The van der Waals surface area contributed by atoms with Gasteiger partial charge in [-0.3, -0.25) is 14.4 Å². The summed E-state index contributed by atoms with van der Waals surface area (Å²) < 4.78 is 0. The highest BCUT2D eigenvalue weighted by Gasteiger charge is 2.26. The Kier molecular flexibility index (Phi) is 6.07. The van der Waals surface area contributed by atoms with Gasteiger partial charge < -0.3 is 10.6 Å². The van der Waals surface area contributed by atoms with Gasteiger partial charge in [0, 0.05) is 18.5 Å². The largest absolute Gasteiger partial charge is 0.322 e. The summed E-state index contributed by atoms with van der Waals surface area (Å²) in [4.78, 5) is 38.1. The van der Waals surface area contributed by atoms with Crippen LogP contribution in [-0.4, -0.2) is 23.4 Å². The zero-order chi connectivity index (χ0) is 22.5. The predicted octanol–water partition coefficient (Wildman–Crippen LogP) is 4.37. The second kappa shape index (κ2) is 9.26. The van der Waals surface area contributed by atoms with Crippen molar-refractivity contribution in [1.82, 2.24) is 0 Å². The number of hydrogen-bond acceptors (Lipinski definition) is 4. The fraction of sp³-hybridized carbons (Fsp3) is 0.120. The second-order valence-corrected chi connectivity index (χ2v) is 7.41. The number of carbonyl (C=O) groups is 3. The maximum Gasteiger partial charge on any atom is 0.271 e. The molecule has 1 heterocycles. The summed E-state index contributed by atoms with van der Waals surface area (Å²) in [5, 5.41) is 11.1. The molecule has 0 unspecified atom stereocenters. The van der Waals surface area contributed by atoms with Crippen molar-refractivity contribution in [3.8, 4) is 0 Å². The van der Waals surface area contributed by atoms with Crippen molar-refractivity contribution in [3.63, 3.8) is 0 Å². The van der Waals surface area contributed by atoms with Crippen LogP contribution < -0.4 is 15.6 Å². The number of nitrogens with zero attached hydrogens (tertiary/aromatic N) is 2. The highest BCUT2D eigenvalue weighted by molar-refractivity contribution is 6.44. The maximum absolute atomic E-state index is 12.9. The minimum atomic E-state index is -0.450. The van der Waals surface area contributed by atoms with Crippen LogP contribution in [0.25, 0.3) is 0 Å². The van der Waals surface area contributed by atoms with E-state index in [4.69, 9.17) is 0 Å². The monoisotopic (exact) mass is 426 g/mol. The fourth-order valence-electron chi connectivity index (χ4n) is 3.39. The topological polar surface area (TPSA) is 90.9 Å². The Labute approximate surface area is 185 Å². The Bertz CT molecular complexity index is 1200. The average Bonchev–Trinajstić information content (AvgIpc) is 2.80. The summed E-state index contributed by atoms with van der Waals surface area (Å²) >= 11 is 0. The van der Waals surface area contributed by atoms with Crippen molar-refractivity contribution in [2.75, 3.05) is 15.6 Å². The highest BCUT2D eigenvalue weighted by Crippen LogP contribution is 2.22. The number of hydrazone groups is 1. The number of hydrogen-bond donors (Lipinski definition) is 2. The first kappa shape index (κ1) is 21.0. The molecule has 2 N–H and O–H groups in total. The van der Waals surface area contributed by atoms with Crippen molar-refractivity contribution in [2.24, 2.45) is 5.10 Å². The minimum Gasteiger partial charge on any atom is -0.322 e. The molecule has 0 aliphatic carbocycles. The maximum atomic E-state index is 12.9. The number of rotatable bonds is 5. The van der Waals surface area contributed by atoms with E-state index in [-0.39, 0.29) is 30.4 Å². The van der Waals surface area contributed by atoms with Gasteiger partial charge in [0.25, 0.3) is 11.8 Å². The number of para-hydroxylation sites is 2. The van der Waals surface area contributed by atoms with E-state index in [1.807, 2.05) is 31.2 Å². The van der Waals surface area contributed by atoms with Crippen LogP contribution in [0.3, 0.4) is 0 Å². The molecule has 0 aromatic heterocycles.